The van der Waals surface area contributed by atoms with Crippen LogP contribution in [-0.4, -0.2) is 23.1 Å². The van der Waals surface area contributed by atoms with Gasteiger partial charge in [0, 0.05) is 13.1 Å². The first-order valence-electron chi connectivity index (χ1n) is 5.00. The van der Waals surface area contributed by atoms with E-state index >= 15 is 0 Å². The van der Waals surface area contributed by atoms with Gasteiger partial charge in [0.05, 0.1) is 0 Å². The van der Waals surface area contributed by atoms with Gasteiger partial charge in [0.1, 0.15) is 5.75 Å². The molecule has 0 amide bonds. The maximum atomic E-state index is 9.13. The molecule has 0 bridgehead atoms. The first-order valence-corrected chi connectivity index (χ1v) is 5.00. The van der Waals surface area contributed by atoms with Gasteiger partial charge in [-0.25, -0.2) is 0 Å². The highest BCUT2D eigenvalue weighted by Crippen LogP contribution is 2.18. The van der Waals surface area contributed by atoms with E-state index in [-0.39, 0.29) is 0 Å². The highest BCUT2D eigenvalue weighted by Gasteiger charge is 2.18. The van der Waals surface area contributed by atoms with Gasteiger partial charge in [-0.15, -0.1) is 0 Å². The quantitative estimate of drug-likeness (QED) is 0.768. The highest BCUT2D eigenvalue weighted by molar-refractivity contribution is 5.25. The van der Waals surface area contributed by atoms with Crippen LogP contribution in [0.3, 0.4) is 0 Å². The normalized spacial score (nSPS) is 22.8. The number of rotatable bonds is 2. The van der Waals surface area contributed by atoms with Crippen molar-refractivity contribution >= 4 is 0 Å². The molecule has 2 heteroatoms. The van der Waals surface area contributed by atoms with Gasteiger partial charge in [-0.3, -0.25) is 4.90 Å². The predicted molar refractivity (Wildman–Crippen MR) is 55.8 cm³/mol. The molecule has 1 aromatic rings. The second-order valence-corrected chi connectivity index (χ2v) is 3.95. The number of aromatic hydroxyl groups is 1. The summed E-state index contributed by atoms with van der Waals surface area (Å²) in [5, 5.41) is 9.13. The van der Waals surface area contributed by atoms with E-state index < -0.39 is 0 Å². The Kier molecular flexibility index (Phi) is 2.73. The fraction of sp³-hybridized carbons (Fsp3) is 0.417. The number of benzene rings is 1. The van der Waals surface area contributed by atoms with Crippen LogP contribution in [0.15, 0.2) is 24.3 Å². The summed E-state index contributed by atoms with van der Waals surface area (Å²) >= 11 is 0. The smallest absolute Gasteiger partial charge is 0.115 e. The molecule has 1 N–H and O–H groups in total. The maximum Gasteiger partial charge on any atom is 0.115 e. The Balaban J connectivity index is 1.94. The van der Waals surface area contributed by atoms with Crippen molar-refractivity contribution in [2.45, 2.75) is 13.0 Å². The van der Waals surface area contributed by atoms with E-state index in [1.165, 1.54) is 5.56 Å². The van der Waals surface area contributed by atoms with Crippen LogP contribution >= 0.6 is 0 Å². The van der Waals surface area contributed by atoms with Crippen LogP contribution in [0.1, 0.15) is 12.0 Å². The third-order valence-corrected chi connectivity index (χ3v) is 2.65. The monoisotopic (exact) mass is 189 g/mol. The fourth-order valence-electron chi connectivity index (χ4n) is 1.87. The minimum atomic E-state index is 0.326. The molecule has 2 nitrogen and oxygen atoms in total. The van der Waals surface area contributed by atoms with Crippen LogP contribution in [0.2, 0.25) is 0 Å². The minimum absolute atomic E-state index is 0.326. The Morgan fingerprint density at radius 3 is 2.64 bits per heavy atom. The molecule has 1 aliphatic rings. The number of nitrogens with zero attached hydrogens (tertiary/aromatic N) is 1. The zero-order valence-electron chi connectivity index (χ0n) is 8.19. The highest BCUT2D eigenvalue weighted by atomic mass is 16.3. The third-order valence-electron chi connectivity index (χ3n) is 2.65. The number of hydrogen-bond donors (Lipinski definition) is 1. The lowest BCUT2D eigenvalue weighted by Crippen LogP contribution is -2.19. The van der Waals surface area contributed by atoms with Crippen LogP contribution in [-0.2, 0) is 6.54 Å². The van der Waals surface area contributed by atoms with Crippen molar-refractivity contribution < 1.29 is 5.11 Å². The maximum absolute atomic E-state index is 9.13. The molecule has 1 aliphatic heterocycles. The average Bonchev–Trinajstić information content (AvgIpc) is 2.56. The van der Waals surface area contributed by atoms with E-state index in [1.807, 2.05) is 12.1 Å². The standard InChI is InChI=1S/C12H15NO/c1-10-6-7-13(8-10)9-11-2-4-12(14)5-3-11/h1-5,10,14H,6-9H2. The minimum Gasteiger partial charge on any atom is -0.508 e. The van der Waals surface area contributed by atoms with Gasteiger partial charge in [-0.2, -0.15) is 0 Å². The van der Waals surface area contributed by atoms with Crippen LogP contribution in [0, 0.1) is 12.8 Å². The molecule has 2 rings (SSSR count). The van der Waals surface area contributed by atoms with E-state index in [4.69, 9.17) is 12.0 Å². The summed E-state index contributed by atoms with van der Waals surface area (Å²) in [6.07, 6.45) is 1.10. The SMILES string of the molecule is [CH]C1CCN(Cc2ccc(O)cc2)C1. The fourth-order valence-corrected chi connectivity index (χ4v) is 1.87. The number of likely N-dealkylation sites (tertiary alicyclic amines) is 1. The molecular weight excluding hydrogens is 174 g/mol. The molecule has 2 radical (unpaired) electrons. The van der Waals surface area contributed by atoms with E-state index in [1.54, 1.807) is 12.1 Å². The van der Waals surface area contributed by atoms with Crippen molar-refractivity contribution in [2.24, 2.45) is 5.92 Å². The van der Waals surface area contributed by atoms with E-state index in [0.717, 1.165) is 26.1 Å². The molecule has 1 aromatic carbocycles. The lowest BCUT2D eigenvalue weighted by atomic mass is 10.2. The van der Waals surface area contributed by atoms with Gasteiger partial charge in [-0.1, -0.05) is 12.1 Å². The Labute approximate surface area is 85.2 Å². The van der Waals surface area contributed by atoms with Gasteiger partial charge in [-0.05, 0) is 43.5 Å². The van der Waals surface area contributed by atoms with Crippen molar-refractivity contribution in [2.75, 3.05) is 13.1 Å². The molecule has 1 atom stereocenters. The first-order chi connectivity index (χ1) is 6.74. The lowest BCUT2D eigenvalue weighted by Gasteiger charge is -2.14. The largest absolute Gasteiger partial charge is 0.508 e. The number of phenols is 1. The van der Waals surface area contributed by atoms with E-state index in [9.17, 15) is 0 Å². The summed E-state index contributed by atoms with van der Waals surface area (Å²) in [5.74, 6) is 0.666. The van der Waals surface area contributed by atoms with Crippen molar-refractivity contribution in [3.8, 4) is 5.75 Å². The topological polar surface area (TPSA) is 23.5 Å². The van der Waals surface area contributed by atoms with E-state index in [0.29, 0.717) is 11.7 Å². The zero-order valence-corrected chi connectivity index (χ0v) is 8.19. The molecule has 1 heterocycles. The molecule has 1 saturated heterocycles. The van der Waals surface area contributed by atoms with Crippen molar-refractivity contribution in [1.82, 2.24) is 4.90 Å². The molecule has 1 unspecified atom stereocenters. The van der Waals surface area contributed by atoms with Crippen LogP contribution in [0.5, 0.6) is 5.75 Å². The molecule has 74 valence electrons. The summed E-state index contributed by atoms with van der Waals surface area (Å²) in [4.78, 5) is 2.34. The van der Waals surface area contributed by atoms with Crippen molar-refractivity contribution in [3.63, 3.8) is 0 Å². The summed E-state index contributed by atoms with van der Waals surface area (Å²) in [5.41, 5.74) is 1.23. The lowest BCUT2D eigenvalue weighted by molar-refractivity contribution is 0.324. The van der Waals surface area contributed by atoms with Crippen LogP contribution in [0.4, 0.5) is 0 Å². The second kappa shape index (κ2) is 4.01. The van der Waals surface area contributed by atoms with E-state index in [2.05, 4.69) is 4.90 Å². The van der Waals surface area contributed by atoms with Gasteiger partial charge < -0.3 is 5.11 Å². The Morgan fingerprint density at radius 2 is 2.07 bits per heavy atom. The summed E-state index contributed by atoms with van der Waals surface area (Å²) < 4.78 is 0. The van der Waals surface area contributed by atoms with Crippen molar-refractivity contribution in [3.05, 3.63) is 36.8 Å². The van der Waals surface area contributed by atoms with Crippen LogP contribution < -0.4 is 0 Å². The van der Waals surface area contributed by atoms with Crippen molar-refractivity contribution in [1.29, 1.82) is 0 Å². The summed E-state index contributed by atoms with van der Waals surface area (Å²) in [7, 11) is 0. The average molecular weight is 189 g/mol. The number of hydrogen-bond acceptors (Lipinski definition) is 2. The molecule has 0 aromatic heterocycles. The van der Waals surface area contributed by atoms with Gasteiger partial charge in [0.25, 0.3) is 0 Å². The Bertz CT molecular complexity index is 294. The molecule has 1 fully saturated rings. The summed E-state index contributed by atoms with van der Waals surface area (Å²) in [6, 6.07) is 7.37. The second-order valence-electron chi connectivity index (χ2n) is 3.95. The van der Waals surface area contributed by atoms with Gasteiger partial charge >= 0.3 is 0 Å². The molecular formula is C12H15NO. The zero-order chi connectivity index (χ0) is 9.97. The predicted octanol–water partition coefficient (Wildman–Crippen LogP) is 1.93. The Hall–Kier alpha value is -1.02. The third kappa shape index (κ3) is 2.26. The molecule has 0 spiro atoms. The first kappa shape index (κ1) is 9.53. The summed E-state index contributed by atoms with van der Waals surface area (Å²) in [6.45, 7) is 8.83. The van der Waals surface area contributed by atoms with Gasteiger partial charge in [0.2, 0.25) is 0 Å². The molecule has 0 saturated carbocycles. The van der Waals surface area contributed by atoms with Crippen LogP contribution in [0.25, 0.3) is 0 Å². The number of phenolic OH excluding ortho intramolecular Hbond substituents is 1. The van der Waals surface area contributed by atoms with Gasteiger partial charge in [0.15, 0.2) is 0 Å². The molecule has 14 heavy (non-hydrogen) atoms. The molecule has 0 aliphatic carbocycles. The Morgan fingerprint density at radius 1 is 1.36 bits per heavy atom.